The van der Waals surface area contributed by atoms with E-state index in [0.717, 1.165) is 11.1 Å². The minimum Gasteiger partial charge on any atom is -0.469 e. The molecule has 0 aliphatic carbocycles. The van der Waals surface area contributed by atoms with E-state index < -0.39 is 71.9 Å². The molecule has 2 aliphatic heterocycles. The number of methoxy groups -OCH3 is 3. The smallest absolute Gasteiger partial charge is 0.312 e. The molecule has 5 N–H and O–H groups in total. The van der Waals surface area contributed by atoms with Gasteiger partial charge in [-0.25, -0.2) is 4.79 Å². The Hall–Kier alpha value is -7.11. The summed E-state index contributed by atoms with van der Waals surface area (Å²) < 4.78 is 17.1. The van der Waals surface area contributed by atoms with Crippen molar-refractivity contribution in [3.63, 3.8) is 0 Å². The fourth-order valence-electron chi connectivity index (χ4n) is 14.0. The molecule has 96 heavy (non-hydrogen) atoms. The number of Topliss-reactive ketones (excluding diaryl/α,β-unsaturated/α-hetero) is 3. The number of likely N-dealkylation sites (tertiary alicyclic amines) is 2. The summed E-state index contributed by atoms with van der Waals surface area (Å²) in [5.41, 5.74) is 7.32. The predicted octanol–water partition coefficient (Wildman–Crippen LogP) is 7.50. The fraction of sp³-hybridized carbons (Fsp3) is 0.685. The number of likely N-dealkylation sites (N-methyl/N-ethyl adjacent to an activating group) is 2. The highest BCUT2D eigenvalue weighted by atomic mass is 16.5. The van der Waals surface area contributed by atoms with Crippen LogP contribution in [-0.2, 0) is 75.1 Å². The van der Waals surface area contributed by atoms with Gasteiger partial charge in [-0.1, -0.05) is 111 Å². The zero-order valence-electron chi connectivity index (χ0n) is 60.3. The van der Waals surface area contributed by atoms with E-state index in [1.807, 2.05) is 90.9 Å². The number of hydrogen-bond acceptors (Lipinski definition) is 15. The SMILES string of the molecule is CC[C@H](C)[C@@H]([C@@H](CC(=O)N1CCC[C@H]1[C@H](OC)[C@@H](C)C(=O)C[C@@H](Cc1ccccc1)C(=O)N(C)Cc1ccc(NC(=O)[C@H](CCCNC(N)=O)CC(=O)[C@@H](NC(=O)CCC(=O)N2CCC(C(=O)OC)CC2)C(C)C)cc1)OC)N(C)C(=O)[C@@H](CC(=O)[C@H](C(C)C)N(C)C)C(C)C. The highest BCUT2D eigenvalue weighted by molar-refractivity contribution is 5.98. The third kappa shape index (κ3) is 24.2. The average Bonchev–Trinajstić information content (AvgIpc) is 1.49. The Kier molecular flexibility index (Phi) is 33.8. The Morgan fingerprint density at radius 2 is 1.30 bits per heavy atom. The van der Waals surface area contributed by atoms with Crippen LogP contribution in [0.1, 0.15) is 157 Å². The van der Waals surface area contributed by atoms with Crippen molar-refractivity contribution in [3.8, 4) is 0 Å². The van der Waals surface area contributed by atoms with Crippen molar-refractivity contribution in [1.29, 1.82) is 0 Å². The second-order valence-electron chi connectivity index (χ2n) is 28.0. The van der Waals surface area contributed by atoms with Crippen molar-refractivity contribution in [2.75, 3.05) is 81.0 Å². The molecule has 0 bridgehead atoms. The standard InChI is InChI=1S/C73H115N9O14/c1-17-48(8)67(80(13)71(91)56(45(2)3)42-60(85)66(47(6)7)78(10)11)61(94-14)43-64(88)82-36-22-26-57(82)68(95-15)49(9)58(83)41-54(39-50-23-19-18-20-24-50)70(90)79(12)44-51-27-29-55(30-28-51)76-69(89)53(25-21-35-75-73(74)93)40-59(84)65(46(4)5)77-62(86)31-32-63(87)81-37-33-52(34-38-81)72(92)96-16/h18-20,23-24,27-30,45-49,52-54,56-57,61,65-68H,17,21-22,25-26,31-44H2,1-16H3,(H,76,89)(H,77,86)(H3,74,75,93)/t48-,49-,53+,54+,56-,57-,61+,65-,66-,67-,68+/m0/s1. The molecule has 23 heteroatoms. The van der Waals surface area contributed by atoms with Gasteiger partial charge in [-0.3, -0.25) is 52.8 Å². The fourth-order valence-corrected chi connectivity index (χ4v) is 14.0. The summed E-state index contributed by atoms with van der Waals surface area (Å²) in [5, 5.41) is 8.22. The van der Waals surface area contributed by atoms with Crippen LogP contribution in [0.4, 0.5) is 10.5 Å². The van der Waals surface area contributed by atoms with Crippen LogP contribution in [0.2, 0.25) is 0 Å². The normalized spacial score (nSPS) is 17.5. The predicted molar refractivity (Wildman–Crippen MR) is 368 cm³/mol. The van der Waals surface area contributed by atoms with E-state index in [1.165, 1.54) is 14.2 Å². The second kappa shape index (κ2) is 39.9. The molecule has 2 aliphatic rings. The van der Waals surface area contributed by atoms with Crippen LogP contribution in [0.15, 0.2) is 54.6 Å². The van der Waals surface area contributed by atoms with E-state index in [4.69, 9.17) is 19.9 Å². The molecule has 4 rings (SSSR count). The van der Waals surface area contributed by atoms with E-state index in [1.54, 1.807) is 85.8 Å². The maximum absolute atomic E-state index is 14.7. The first kappa shape index (κ1) is 81.3. The lowest BCUT2D eigenvalue weighted by atomic mass is 9.83. The highest BCUT2D eigenvalue weighted by Gasteiger charge is 2.44. The zero-order valence-corrected chi connectivity index (χ0v) is 60.3. The summed E-state index contributed by atoms with van der Waals surface area (Å²) in [5.74, 6) is -6.35. The first-order valence-corrected chi connectivity index (χ1v) is 34.6. The van der Waals surface area contributed by atoms with Gasteiger partial charge in [0.25, 0.3) is 0 Å². The van der Waals surface area contributed by atoms with Gasteiger partial charge in [-0.2, -0.15) is 0 Å². The van der Waals surface area contributed by atoms with Gasteiger partial charge in [0.05, 0.1) is 55.8 Å². The Balaban J connectivity index is 1.45. The minimum absolute atomic E-state index is 0.0128. The molecule has 2 heterocycles. The van der Waals surface area contributed by atoms with Crippen molar-refractivity contribution in [2.24, 2.45) is 59.0 Å². The number of ketones is 3. The van der Waals surface area contributed by atoms with Gasteiger partial charge in [-0.15, -0.1) is 0 Å². The summed E-state index contributed by atoms with van der Waals surface area (Å²) in [4.78, 5) is 159. The molecule has 2 aromatic carbocycles. The number of ether oxygens (including phenoxy) is 3. The summed E-state index contributed by atoms with van der Waals surface area (Å²) in [6, 6.07) is 13.4. The van der Waals surface area contributed by atoms with E-state index in [-0.39, 0.29) is 147 Å². The molecule has 0 unspecified atom stereocenters. The van der Waals surface area contributed by atoms with Crippen LogP contribution in [0, 0.1) is 53.3 Å². The van der Waals surface area contributed by atoms with Gasteiger partial charge >= 0.3 is 12.0 Å². The van der Waals surface area contributed by atoms with E-state index in [9.17, 15) is 52.7 Å². The lowest BCUT2D eigenvalue weighted by Gasteiger charge is -2.41. The molecule has 2 saturated heterocycles. The first-order chi connectivity index (χ1) is 45.4. The average molecular weight is 1340 g/mol. The molecule has 0 saturated carbocycles. The molecule has 0 aromatic heterocycles. The Morgan fingerprint density at radius 3 is 1.85 bits per heavy atom. The number of piperidine rings is 1. The number of amides is 8. The molecule has 0 radical (unpaired) electrons. The number of anilines is 1. The lowest BCUT2D eigenvalue weighted by molar-refractivity contribution is -0.149. The number of carbonyl (C=O) groups is 11. The summed E-state index contributed by atoms with van der Waals surface area (Å²) in [7, 11) is 11.6. The Labute approximate surface area is 571 Å². The van der Waals surface area contributed by atoms with Gasteiger partial charge < -0.3 is 55.5 Å². The molecule has 0 spiro atoms. The largest absolute Gasteiger partial charge is 0.469 e. The summed E-state index contributed by atoms with van der Waals surface area (Å²) >= 11 is 0. The molecule has 23 nitrogen and oxygen atoms in total. The quantitative estimate of drug-likeness (QED) is 0.0371. The van der Waals surface area contributed by atoms with Crippen LogP contribution in [0.5, 0.6) is 0 Å². The summed E-state index contributed by atoms with van der Waals surface area (Å²) in [6.07, 6.45) is 1.82. The van der Waals surface area contributed by atoms with Gasteiger partial charge in [0.1, 0.15) is 5.78 Å². The number of benzene rings is 2. The lowest BCUT2D eigenvalue weighted by Crippen LogP contribution is -2.54. The van der Waals surface area contributed by atoms with Crippen LogP contribution in [0.25, 0.3) is 0 Å². The van der Waals surface area contributed by atoms with Crippen molar-refractivity contribution in [3.05, 3.63) is 65.7 Å². The van der Waals surface area contributed by atoms with E-state index in [0.29, 0.717) is 63.8 Å². The molecule has 536 valence electrons. The molecular weight excluding hydrogens is 1230 g/mol. The van der Waals surface area contributed by atoms with Crippen molar-refractivity contribution < 1.29 is 67.0 Å². The topological polar surface area (TPSA) is 294 Å². The number of hydrogen-bond donors (Lipinski definition) is 4. The van der Waals surface area contributed by atoms with Crippen molar-refractivity contribution >= 4 is 70.5 Å². The van der Waals surface area contributed by atoms with Crippen LogP contribution < -0.4 is 21.7 Å². The Bertz CT molecular complexity index is 2870. The minimum atomic E-state index is -0.956. The summed E-state index contributed by atoms with van der Waals surface area (Å²) in [6.45, 7) is 18.9. The van der Waals surface area contributed by atoms with Gasteiger partial charge in [-0.05, 0) is 106 Å². The van der Waals surface area contributed by atoms with E-state index >= 15 is 0 Å². The molecule has 2 aromatic rings. The van der Waals surface area contributed by atoms with Crippen LogP contribution in [0.3, 0.4) is 0 Å². The number of urea groups is 1. The zero-order chi connectivity index (χ0) is 71.7. The number of carbonyl (C=O) groups excluding carboxylic acids is 11. The van der Waals surface area contributed by atoms with Gasteiger partial charge in [0.2, 0.25) is 35.4 Å². The molecular formula is C73H115N9O14. The second-order valence-corrected chi connectivity index (χ2v) is 28.0. The number of nitrogens with zero attached hydrogens (tertiary/aromatic N) is 5. The number of nitrogens with two attached hydrogens (primary N) is 1. The van der Waals surface area contributed by atoms with Gasteiger partial charge in [0.15, 0.2) is 11.6 Å². The monoisotopic (exact) mass is 1340 g/mol. The van der Waals surface area contributed by atoms with Crippen LogP contribution >= 0.6 is 0 Å². The first-order valence-electron chi connectivity index (χ1n) is 34.6. The molecule has 8 amide bonds. The molecule has 11 atom stereocenters. The third-order valence-electron chi connectivity index (χ3n) is 19.7. The Morgan fingerprint density at radius 1 is 0.667 bits per heavy atom. The molecule has 2 fully saturated rings. The van der Waals surface area contributed by atoms with E-state index in [2.05, 4.69) is 16.0 Å². The van der Waals surface area contributed by atoms with Crippen molar-refractivity contribution in [2.45, 2.75) is 195 Å². The van der Waals surface area contributed by atoms with Crippen LogP contribution in [-0.4, -0.2) is 201 Å². The maximum atomic E-state index is 14.7. The number of esters is 1. The number of rotatable bonds is 40. The maximum Gasteiger partial charge on any atom is 0.312 e. The number of primary amides is 1. The van der Waals surface area contributed by atoms with Gasteiger partial charge in [0, 0.05) is 123 Å². The highest BCUT2D eigenvalue weighted by Crippen LogP contribution is 2.33. The van der Waals surface area contributed by atoms with Crippen molar-refractivity contribution in [1.82, 2.24) is 35.1 Å². The third-order valence-corrected chi connectivity index (χ3v) is 19.7. The number of nitrogens with one attached hydrogen (secondary N) is 3.